The maximum atomic E-state index is 12.0. The van der Waals surface area contributed by atoms with E-state index in [1.165, 1.54) is 40.3 Å². The number of nitrogens with zero attached hydrogens (tertiary/aromatic N) is 4. The van der Waals surface area contributed by atoms with E-state index >= 15 is 0 Å². The number of ether oxygens (including phenoxy) is 1. The van der Waals surface area contributed by atoms with Crippen LogP contribution in [0.2, 0.25) is 0 Å². The first-order valence-corrected chi connectivity index (χ1v) is 17.0. The summed E-state index contributed by atoms with van der Waals surface area (Å²) in [6.07, 6.45) is 6.90. The lowest BCUT2D eigenvalue weighted by molar-refractivity contribution is -0.0171. The van der Waals surface area contributed by atoms with Crippen LogP contribution in [-0.2, 0) is 14.7 Å². The van der Waals surface area contributed by atoms with Crippen LogP contribution < -0.4 is 20.7 Å². The third-order valence-electron chi connectivity index (χ3n) is 7.20. The number of urea groups is 1. The monoisotopic (exact) mass is 630 g/mol. The van der Waals surface area contributed by atoms with Crippen LogP contribution >= 0.6 is 7.26 Å². The van der Waals surface area contributed by atoms with Crippen LogP contribution in [0, 0.1) is 0 Å². The third kappa shape index (κ3) is 6.56. The molecule has 2 aliphatic rings. The molecule has 1 saturated heterocycles. The number of hydroxylamine groups is 2. The summed E-state index contributed by atoms with van der Waals surface area (Å²) in [7, 11) is -5.35. The highest BCUT2D eigenvalue weighted by atomic mass is 32.3. The molecule has 0 aliphatic carbocycles. The number of allylic oxidation sites excluding steroid dienone is 1. The van der Waals surface area contributed by atoms with E-state index in [9.17, 15) is 17.8 Å². The van der Waals surface area contributed by atoms with E-state index in [0.29, 0.717) is 16.2 Å². The van der Waals surface area contributed by atoms with Crippen molar-refractivity contribution >= 4 is 45.2 Å². The quantitative estimate of drug-likeness (QED) is 0.163. The van der Waals surface area contributed by atoms with Gasteiger partial charge in [-0.3, -0.25) is 0 Å². The van der Waals surface area contributed by atoms with Crippen molar-refractivity contribution in [1.29, 1.82) is 0 Å². The highest BCUT2D eigenvalue weighted by Crippen LogP contribution is 2.56. The summed E-state index contributed by atoms with van der Waals surface area (Å²) in [6, 6.07) is 31.4. The second-order valence-corrected chi connectivity index (χ2v) is 14.1. The SMILES string of the molecule is CC=C[P+](c1ccccc1)(c1ccccc1)c1ccccc1.COc1ncc(C2=CCN3CC2N(OS(=O)(=O)[O-])C3=O)cn1. The number of aromatic nitrogens is 2. The number of amides is 2. The van der Waals surface area contributed by atoms with Crippen molar-refractivity contribution in [1.82, 2.24) is 19.9 Å². The Morgan fingerprint density at radius 2 is 1.39 bits per heavy atom. The summed E-state index contributed by atoms with van der Waals surface area (Å²) >= 11 is 0. The largest absolute Gasteiger partial charge is 0.724 e. The van der Waals surface area contributed by atoms with Crippen molar-refractivity contribution in [3.05, 3.63) is 127 Å². The Bertz CT molecular complexity index is 1640. The first-order valence-electron chi connectivity index (χ1n) is 13.8. The molecule has 2 bridgehead atoms. The zero-order valence-electron chi connectivity index (χ0n) is 24.1. The molecule has 1 aromatic heterocycles. The summed E-state index contributed by atoms with van der Waals surface area (Å²) in [5, 5.41) is 4.76. The van der Waals surface area contributed by atoms with E-state index in [1.54, 1.807) is 6.08 Å². The van der Waals surface area contributed by atoms with E-state index in [4.69, 9.17) is 4.74 Å². The van der Waals surface area contributed by atoms with Crippen molar-refractivity contribution in [2.75, 3.05) is 20.2 Å². The average molecular weight is 631 g/mol. The molecule has 6 rings (SSSR count). The molecule has 0 N–H and O–H groups in total. The first kappa shape index (κ1) is 31.0. The number of carbonyl (C=O) groups excluding carboxylic acids is 1. The van der Waals surface area contributed by atoms with Gasteiger partial charge in [0.05, 0.1) is 19.5 Å². The zero-order chi connectivity index (χ0) is 31.2. The molecule has 12 heteroatoms. The summed E-state index contributed by atoms with van der Waals surface area (Å²) < 4.78 is 41.5. The fourth-order valence-electron chi connectivity index (χ4n) is 5.34. The molecule has 0 radical (unpaired) electrons. The standard InChI is InChI=1S/C21H20P.C11H12N4O6S/c1-2-18-22(19-12-6-3-7-13-19,20-14-8-4-9-15-20)21-16-10-5-11-17-21;1-20-10-12-4-7(5-13-10)8-2-3-14-6-9(8)15(11(14)16)21-22(17,18)19/h2-18H,1H3;2,4-5,9H,3,6H2,1H3,(H,17,18,19)/q+1;/p-1. The molecular weight excluding hydrogens is 599 g/mol. The molecule has 44 heavy (non-hydrogen) atoms. The van der Waals surface area contributed by atoms with E-state index in [-0.39, 0.29) is 19.1 Å². The van der Waals surface area contributed by atoms with Crippen LogP contribution in [0.3, 0.4) is 0 Å². The van der Waals surface area contributed by atoms with Gasteiger partial charge < -0.3 is 14.2 Å². The Balaban J connectivity index is 0.000000175. The van der Waals surface area contributed by atoms with Crippen LogP contribution in [0.25, 0.3) is 5.57 Å². The molecule has 1 atom stereocenters. The molecule has 2 aliphatic heterocycles. The number of hydrogen-bond acceptors (Lipinski definition) is 8. The maximum Gasteiger partial charge on any atom is 0.346 e. The van der Waals surface area contributed by atoms with Crippen molar-refractivity contribution in [2.24, 2.45) is 0 Å². The van der Waals surface area contributed by atoms with Crippen LogP contribution in [0.1, 0.15) is 12.5 Å². The number of benzene rings is 3. The van der Waals surface area contributed by atoms with Crippen LogP contribution in [-0.4, -0.2) is 65.2 Å². The Morgan fingerprint density at radius 3 is 1.82 bits per heavy atom. The molecule has 1 unspecified atom stereocenters. The summed E-state index contributed by atoms with van der Waals surface area (Å²) in [5.41, 5.74) is 1.19. The Kier molecular flexibility index (Phi) is 9.51. The molecule has 0 saturated carbocycles. The van der Waals surface area contributed by atoms with Crippen molar-refractivity contribution in [3.8, 4) is 6.01 Å². The second kappa shape index (κ2) is 13.5. The van der Waals surface area contributed by atoms with Gasteiger partial charge in [-0.15, -0.1) is 0 Å². The normalized spacial score (nSPS) is 16.4. The lowest BCUT2D eigenvalue weighted by Gasteiger charge is -2.25. The van der Waals surface area contributed by atoms with E-state index in [2.05, 4.69) is 124 Å². The van der Waals surface area contributed by atoms with Crippen LogP contribution in [0.15, 0.2) is 121 Å². The predicted molar refractivity (Wildman–Crippen MR) is 170 cm³/mol. The molecule has 226 valence electrons. The van der Waals surface area contributed by atoms with E-state index < -0.39 is 29.7 Å². The molecule has 2 amide bonds. The lowest BCUT2D eigenvalue weighted by atomic mass is 9.99. The van der Waals surface area contributed by atoms with Gasteiger partial charge in [0, 0.05) is 24.5 Å². The van der Waals surface area contributed by atoms with Gasteiger partial charge in [-0.2, -0.15) is 9.35 Å². The molecule has 0 spiro atoms. The number of fused-ring (bicyclic) bond motifs is 2. The van der Waals surface area contributed by atoms with Crippen molar-refractivity contribution in [3.63, 3.8) is 0 Å². The van der Waals surface area contributed by atoms with Gasteiger partial charge in [0.25, 0.3) is 0 Å². The van der Waals surface area contributed by atoms with Gasteiger partial charge in [0.1, 0.15) is 29.2 Å². The number of rotatable bonds is 8. The molecule has 3 heterocycles. The predicted octanol–water partition coefficient (Wildman–Crippen LogP) is 3.89. The van der Waals surface area contributed by atoms with E-state index in [0.717, 1.165) is 0 Å². The average Bonchev–Trinajstić information content (AvgIpc) is 3.28. The van der Waals surface area contributed by atoms with Gasteiger partial charge in [-0.1, -0.05) is 66.7 Å². The highest BCUT2D eigenvalue weighted by Gasteiger charge is 2.45. The minimum atomic E-state index is -5.05. The fourth-order valence-corrected chi connectivity index (χ4v) is 9.49. The topological polar surface area (TPSA) is 125 Å². The number of methoxy groups -OCH3 is 1. The van der Waals surface area contributed by atoms with Gasteiger partial charge >= 0.3 is 12.0 Å². The summed E-state index contributed by atoms with van der Waals surface area (Å²) in [4.78, 5) is 21.3. The van der Waals surface area contributed by atoms with Gasteiger partial charge in [0.15, 0.2) is 0 Å². The molecule has 10 nitrogen and oxygen atoms in total. The smallest absolute Gasteiger partial charge is 0.346 e. The maximum absolute atomic E-state index is 12.0. The Hall–Kier alpha value is -4.41. The summed E-state index contributed by atoms with van der Waals surface area (Å²) in [6.45, 7) is 2.60. The van der Waals surface area contributed by atoms with Gasteiger partial charge in [0.2, 0.25) is 10.4 Å². The third-order valence-corrected chi connectivity index (χ3v) is 11.6. The number of hydrogen-bond donors (Lipinski definition) is 0. The molecule has 1 fully saturated rings. The van der Waals surface area contributed by atoms with Crippen molar-refractivity contribution < 1.29 is 26.8 Å². The molecule has 4 aromatic rings. The summed E-state index contributed by atoms with van der Waals surface area (Å²) in [5.74, 6) is 2.41. The first-order chi connectivity index (χ1) is 21.3. The van der Waals surface area contributed by atoms with Crippen molar-refractivity contribution in [2.45, 2.75) is 13.0 Å². The Labute approximate surface area is 257 Å². The minimum absolute atomic E-state index is 0.180. The molecule has 3 aromatic carbocycles. The van der Waals surface area contributed by atoms with Gasteiger partial charge in [-0.25, -0.2) is 23.2 Å². The lowest BCUT2D eigenvalue weighted by Crippen LogP contribution is -2.36. The van der Waals surface area contributed by atoms with E-state index in [1.807, 2.05) is 0 Å². The highest BCUT2D eigenvalue weighted by molar-refractivity contribution is 7.98. The Morgan fingerprint density at radius 1 is 0.886 bits per heavy atom. The molecular formula is C32H31N4O6PS. The second-order valence-electron chi connectivity index (χ2n) is 9.84. The van der Waals surface area contributed by atoms with Crippen LogP contribution in [0.5, 0.6) is 6.01 Å². The van der Waals surface area contributed by atoms with Gasteiger partial charge in [-0.05, 0) is 48.9 Å². The zero-order valence-corrected chi connectivity index (χ0v) is 25.8. The number of carbonyl (C=O) groups is 1. The van der Waals surface area contributed by atoms with Crippen LogP contribution in [0.4, 0.5) is 4.79 Å². The fraction of sp³-hybridized carbons (Fsp3) is 0.156. The minimum Gasteiger partial charge on any atom is -0.724 e.